The largest absolute Gasteiger partial charge is 0.481 e. The molecule has 0 aromatic heterocycles. The predicted molar refractivity (Wildman–Crippen MR) is 154 cm³/mol. The molecular formula is C32H50O13. The Kier molecular flexibility index (Phi) is 8.77. The Labute approximate surface area is 262 Å². The SMILES string of the molecule is C=C1C[C@@]23CCC4[C@@](C)(CCC[C@@]4(C)C(=O)O)C2CC[C@]1(O[C@@H]1O[C@H](CO)[C@@H](O)[C@H](O)[C@H]1OC1O[C@H](CO)[C@@H](O)[C@H](O)[C@H]1O)C3. The van der Waals surface area contributed by atoms with Crippen LogP contribution in [0.25, 0.3) is 0 Å². The number of hydrogen-bond acceptors (Lipinski definition) is 12. The molecule has 45 heavy (non-hydrogen) atoms. The van der Waals surface area contributed by atoms with Crippen LogP contribution in [0.2, 0.25) is 0 Å². The van der Waals surface area contributed by atoms with E-state index in [4.69, 9.17) is 18.9 Å². The van der Waals surface area contributed by atoms with Gasteiger partial charge in [0.05, 0.1) is 24.2 Å². The summed E-state index contributed by atoms with van der Waals surface area (Å²) in [6.45, 7) is 7.33. The maximum Gasteiger partial charge on any atom is 0.309 e. The maximum atomic E-state index is 12.5. The molecule has 6 rings (SSSR count). The zero-order chi connectivity index (χ0) is 32.7. The highest BCUT2D eigenvalue weighted by Gasteiger charge is 2.69. The number of carbonyl (C=O) groups is 1. The van der Waals surface area contributed by atoms with Crippen molar-refractivity contribution in [1.29, 1.82) is 0 Å². The summed E-state index contributed by atoms with van der Waals surface area (Å²) >= 11 is 0. The van der Waals surface area contributed by atoms with Crippen molar-refractivity contribution in [2.75, 3.05) is 13.2 Å². The molecule has 6 aliphatic rings. The van der Waals surface area contributed by atoms with Gasteiger partial charge in [-0.3, -0.25) is 4.79 Å². The van der Waals surface area contributed by atoms with Gasteiger partial charge in [0.1, 0.15) is 48.8 Å². The molecule has 2 aliphatic heterocycles. The fourth-order valence-corrected chi connectivity index (χ4v) is 10.6. The van der Waals surface area contributed by atoms with Gasteiger partial charge in [-0.1, -0.05) is 19.9 Å². The summed E-state index contributed by atoms with van der Waals surface area (Å²) in [7, 11) is 0. The number of ether oxygens (including phenoxy) is 4. The number of hydrogen-bond donors (Lipinski definition) is 8. The number of aliphatic carboxylic acids is 1. The standard InChI is InChI=1S/C32H50O13/c1-15-11-31-9-5-18-29(2,7-4-8-30(18,3)28(40)41)19(31)6-10-32(15,14-31)45-27-25(23(38)21(36)17(13-34)43-27)44-26-24(39)22(37)20(35)16(12-33)42-26/h16-27,33-39H,1,4-14H2,2-3H3,(H,40,41)/t16-,17-,18?,19?,20-,21-,22+,23+,24-,25-,26?,27+,29-,30-,31-,32+/m1/s1. The van der Waals surface area contributed by atoms with Gasteiger partial charge >= 0.3 is 5.97 Å². The Bertz CT molecular complexity index is 1150. The molecule has 8 N–H and O–H groups in total. The van der Waals surface area contributed by atoms with E-state index >= 15 is 0 Å². The molecule has 13 heteroatoms. The molecule has 2 saturated heterocycles. The van der Waals surface area contributed by atoms with Crippen molar-refractivity contribution in [3.05, 3.63) is 12.2 Å². The van der Waals surface area contributed by atoms with Gasteiger partial charge in [-0.05, 0) is 86.5 Å². The van der Waals surface area contributed by atoms with Gasteiger partial charge in [-0.25, -0.2) is 0 Å². The minimum absolute atomic E-state index is 0.0640. The van der Waals surface area contributed by atoms with E-state index in [0.29, 0.717) is 25.7 Å². The molecule has 2 bridgehead atoms. The van der Waals surface area contributed by atoms with E-state index in [1.807, 2.05) is 6.92 Å². The van der Waals surface area contributed by atoms with Crippen molar-refractivity contribution >= 4 is 5.97 Å². The summed E-state index contributed by atoms with van der Waals surface area (Å²) in [5, 5.41) is 82.8. The molecule has 1 spiro atoms. The monoisotopic (exact) mass is 642 g/mol. The lowest BCUT2D eigenvalue weighted by Crippen LogP contribution is -2.65. The summed E-state index contributed by atoms with van der Waals surface area (Å²) < 4.78 is 24.1. The van der Waals surface area contributed by atoms with Crippen LogP contribution in [0.15, 0.2) is 12.2 Å². The number of fused-ring (bicyclic) bond motifs is 3. The Morgan fingerprint density at radius 2 is 1.47 bits per heavy atom. The molecule has 0 amide bonds. The first-order chi connectivity index (χ1) is 21.2. The lowest BCUT2D eigenvalue weighted by atomic mass is 9.41. The lowest BCUT2D eigenvalue weighted by molar-refractivity contribution is -0.378. The summed E-state index contributed by atoms with van der Waals surface area (Å²) in [5.41, 5.74) is -1.10. The quantitative estimate of drug-likeness (QED) is 0.134. The summed E-state index contributed by atoms with van der Waals surface area (Å²) in [6.07, 6.45) is -8.44. The van der Waals surface area contributed by atoms with Crippen molar-refractivity contribution < 1.29 is 64.6 Å². The average Bonchev–Trinajstić information content (AvgIpc) is 3.19. The third-order valence-electron chi connectivity index (χ3n) is 12.9. The van der Waals surface area contributed by atoms with E-state index < -0.39 is 91.6 Å². The van der Waals surface area contributed by atoms with Crippen molar-refractivity contribution in [2.24, 2.45) is 28.1 Å². The highest BCUT2D eigenvalue weighted by atomic mass is 16.8. The molecule has 0 aromatic rings. The molecule has 4 aliphatic carbocycles. The van der Waals surface area contributed by atoms with Gasteiger partial charge in [0.15, 0.2) is 12.6 Å². The molecule has 0 aromatic carbocycles. The Balaban J connectivity index is 1.26. The average molecular weight is 643 g/mol. The highest BCUT2D eigenvalue weighted by Crippen LogP contribution is 2.73. The second kappa shape index (κ2) is 11.7. The first-order valence-electron chi connectivity index (χ1n) is 16.3. The third kappa shape index (κ3) is 5.04. The second-order valence-electron chi connectivity index (χ2n) is 15.2. The molecule has 13 nitrogen and oxygen atoms in total. The summed E-state index contributed by atoms with van der Waals surface area (Å²) in [5.74, 6) is -0.392. The second-order valence-corrected chi connectivity index (χ2v) is 15.2. The molecule has 3 unspecified atom stereocenters. The smallest absolute Gasteiger partial charge is 0.309 e. The van der Waals surface area contributed by atoms with Crippen molar-refractivity contribution in [3.8, 4) is 0 Å². The number of rotatable bonds is 7. The van der Waals surface area contributed by atoms with Crippen LogP contribution in [0.1, 0.15) is 71.6 Å². The van der Waals surface area contributed by atoms with Gasteiger partial charge in [0.2, 0.25) is 0 Å². The van der Waals surface area contributed by atoms with Crippen LogP contribution in [0, 0.1) is 28.1 Å². The minimum Gasteiger partial charge on any atom is -0.481 e. The zero-order valence-corrected chi connectivity index (χ0v) is 26.0. The van der Waals surface area contributed by atoms with Crippen LogP contribution in [-0.2, 0) is 23.7 Å². The Morgan fingerprint density at radius 1 is 0.844 bits per heavy atom. The first kappa shape index (κ1) is 33.7. The van der Waals surface area contributed by atoms with Crippen LogP contribution in [0.4, 0.5) is 0 Å². The predicted octanol–water partition coefficient (Wildman–Crippen LogP) is -0.197. The minimum atomic E-state index is -1.76. The van der Waals surface area contributed by atoms with Crippen molar-refractivity contribution in [3.63, 3.8) is 0 Å². The summed E-state index contributed by atoms with van der Waals surface area (Å²) in [6, 6.07) is 0. The summed E-state index contributed by atoms with van der Waals surface area (Å²) in [4.78, 5) is 12.5. The molecule has 4 saturated carbocycles. The molecule has 256 valence electrons. The normalized spacial score (nSPS) is 54.7. The van der Waals surface area contributed by atoms with E-state index in [2.05, 4.69) is 13.5 Å². The van der Waals surface area contributed by atoms with Crippen molar-refractivity contribution in [2.45, 2.75) is 139 Å². The maximum absolute atomic E-state index is 12.5. The van der Waals surface area contributed by atoms with Gasteiger partial charge in [0, 0.05) is 0 Å². The first-order valence-corrected chi connectivity index (χ1v) is 16.3. The van der Waals surface area contributed by atoms with E-state index in [1.165, 1.54) is 0 Å². The number of aliphatic hydroxyl groups excluding tert-OH is 7. The van der Waals surface area contributed by atoms with Crippen LogP contribution in [0.3, 0.4) is 0 Å². The zero-order valence-electron chi connectivity index (χ0n) is 26.0. The van der Waals surface area contributed by atoms with E-state index in [1.54, 1.807) is 0 Å². The van der Waals surface area contributed by atoms with Crippen LogP contribution in [-0.4, -0.2) is 127 Å². The van der Waals surface area contributed by atoms with Gasteiger partial charge in [-0.2, -0.15) is 0 Å². The Morgan fingerprint density at radius 3 is 2.11 bits per heavy atom. The van der Waals surface area contributed by atoms with Gasteiger partial charge < -0.3 is 59.8 Å². The van der Waals surface area contributed by atoms with Crippen LogP contribution >= 0.6 is 0 Å². The molecule has 0 radical (unpaired) electrons. The van der Waals surface area contributed by atoms with E-state index in [-0.39, 0.29) is 22.7 Å². The third-order valence-corrected chi connectivity index (χ3v) is 12.9. The number of carboxylic acid groups (broad SMARTS) is 1. The topological polar surface area (TPSA) is 216 Å². The van der Waals surface area contributed by atoms with Crippen LogP contribution in [0.5, 0.6) is 0 Å². The highest BCUT2D eigenvalue weighted by molar-refractivity contribution is 5.75. The van der Waals surface area contributed by atoms with Crippen LogP contribution < -0.4 is 0 Å². The Hall–Kier alpha value is -1.23. The van der Waals surface area contributed by atoms with E-state index in [9.17, 15) is 45.6 Å². The number of carboxylic acids is 1. The molecule has 2 heterocycles. The lowest BCUT2D eigenvalue weighted by Gasteiger charge is -2.64. The molecule has 16 atom stereocenters. The molecule has 6 fully saturated rings. The van der Waals surface area contributed by atoms with E-state index in [0.717, 1.165) is 37.7 Å². The fraction of sp³-hybridized carbons (Fsp3) is 0.906. The van der Waals surface area contributed by atoms with Crippen molar-refractivity contribution in [1.82, 2.24) is 0 Å². The number of aliphatic hydroxyl groups is 7. The fourth-order valence-electron chi connectivity index (χ4n) is 10.6. The van der Waals surface area contributed by atoms with Gasteiger partial charge in [-0.15, -0.1) is 0 Å². The molecular weight excluding hydrogens is 592 g/mol. The van der Waals surface area contributed by atoms with Gasteiger partial charge in [0.25, 0.3) is 0 Å².